The molecular formula is C18H16ClNS. The van der Waals surface area contributed by atoms with Crippen LogP contribution >= 0.6 is 23.4 Å². The van der Waals surface area contributed by atoms with Crippen molar-refractivity contribution in [2.75, 3.05) is 6.54 Å². The first-order valence-electron chi connectivity index (χ1n) is 6.88. The van der Waals surface area contributed by atoms with E-state index in [1.165, 1.54) is 15.7 Å². The Balaban J connectivity index is 1.90. The molecule has 0 saturated carbocycles. The Bertz CT molecular complexity index is 757. The van der Waals surface area contributed by atoms with E-state index >= 15 is 0 Å². The molecule has 1 nitrogen and oxygen atoms in total. The highest BCUT2D eigenvalue weighted by Crippen LogP contribution is 2.38. The highest BCUT2D eigenvalue weighted by molar-refractivity contribution is 7.99. The third-order valence-electron chi connectivity index (χ3n) is 3.47. The van der Waals surface area contributed by atoms with E-state index in [2.05, 4.69) is 42.5 Å². The SMILES string of the molecule is NCC(Sc1ccc2ccccc2c1)c1ccccc1Cl. The van der Waals surface area contributed by atoms with Crippen LogP contribution in [0.15, 0.2) is 71.6 Å². The zero-order chi connectivity index (χ0) is 14.7. The third-order valence-corrected chi connectivity index (χ3v) is 5.07. The Hall–Kier alpha value is -1.48. The maximum absolute atomic E-state index is 6.29. The maximum Gasteiger partial charge on any atom is 0.0481 e. The van der Waals surface area contributed by atoms with Gasteiger partial charge in [0.1, 0.15) is 0 Å². The summed E-state index contributed by atoms with van der Waals surface area (Å²) in [5, 5.41) is 3.45. The Labute approximate surface area is 134 Å². The Morgan fingerprint density at radius 2 is 1.62 bits per heavy atom. The van der Waals surface area contributed by atoms with Crippen molar-refractivity contribution in [3.8, 4) is 0 Å². The van der Waals surface area contributed by atoms with Gasteiger partial charge in [-0.25, -0.2) is 0 Å². The van der Waals surface area contributed by atoms with Gasteiger partial charge in [-0.3, -0.25) is 0 Å². The van der Waals surface area contributed by atoms with Crippen LogP contribution in [0.5, 0.6) is 0 Å². The summed E-state index contributed by atoms with van der Waals surface area (Å²) in [5.74, 6) is 0. The van der Waals surface area contributed by atoms with Gasteiger partial charge in [0.15, 0.2) is 0 Å². The zero-order valence-corrected chi connectivity index (χ0v) is 13.1. The molecule has 0 aliphatic rings. The normalized spacial score (nSPS) is 12.5. The lowest BCUT2D eigenvalue weighted by molar-refractivity contribution is 0.941. The number of nitrogens with two attached hydrogens (primary N) is 1. The monoisotopic (exact) mass is 313 g/mol. The largest absolute Gasteiger partial charge is 0.329 e. The molecule has 0 aliphatic heterocycles. The predicted molar refractivity (Wildman–Crippen MR) is 93.1 cm³/mol. The number of thioether (sulfide) groups is 1. The van der Waals surface area contributed by atoms with Crippen LogP contribution in [-0.4, -0.2) is 6.54 Å². The molecule has 1 atom stereocenters. The highest BCUT2D eigenvalue weighted by Gasteiger charge is 2.14. The van der Waals surface area contributed by atoms with E-state index in [-0.39, 0.29) is 5.25 Å². The molecule has 0 aromatic heterocycles. The molecule has 0 fully saturated rings. The van der Waals surface area contributed by atoms with Crippen LogP contribution in [0.1, 0.15) is 10.8 Å². The summed E-state index contributed by atoms with van der Waals surface area (Å²) in [6.07, 6.45) is 0. The molecule has 3 rings (SSSR count). The van der Waals surface area contributed by atoms with Crippen molar-refractivity contribution in [3.05, 3.63) is 77.3 Å². The predicted octanol–water partition coefficient (Wildman–Crippen LogP) is 5.29. The second-order valence-electron chi connectivity index (χ2n) is 4.87. The van der Waals surface area contributed by atoms with Crippen molar-refractivity contribution < 1.29 is 0 Å². The molecule has 0 amide bonds. The van der Waals surface area contributed by atoms with Crippen LogP contribution in [0.4, 0.5) is 0 Å². The standard InChI is InChI=1S/C18H16ClNS/c19-17-8-4-3-7-16(17)18(12-20)21-15-10-9-13-5-1-2-6-14(13)11-15/h1-11,18H,12,20H2. The molecule has 3 aromatic rings. The van der Waals surface area contributed by atoms with Crippen molar-refractivity contribution >= 4 is 34.1 Å². The second-order valence-corrected chi connectivity index (χ2v) is 6.56. The topological polar surface area (TPSA) is 26.0 Å². The fourth-order valence-electron chi connectivity index (χ4n) is 2.38. The quantitative estimate of drug-likeness (QED) is 0.663. The van der Waals surface area contributed by atoms with Crippen LogP contribution in [0, 0.1) is 0 Å². The summed E-state index contributed by atoms with van der Waals surface area (Å²) in [5.41, 5.74) is 7.05. The molecule has 21 heavy (non-hydrogen) atoms. The fraction of sp³-hybridized carbons (Fsp3) is 0.111. The van der Waals surface area contributed by atoms with Crippen molar-refractivity contribution in [3.63, 3.8) is 0 Å². The van der Waals surface area contributed by atoms with Gasteiger partial charge >= 0.3 is 0 Å². The van der Waals surface area contributed by atoms with Gasteiger partial charge in [0.2, 0.25) is 0 Å². The van der Waals surface area contributed by atoms with E-state index in [1.807, 2.05) is 24.3 Å². The first-order valence-corrected chi connectivity index (χ1v) is 8.13. The molecule has 0 bridgehead atoms. The fourth-order valence-corrected chi connectivity index (χ4v) is 3.81. The summed E-state index contributed by atoms with van der Waals surface area (Å²) in [6, 6.07) is 22.8. The zero-order valence-electron chi connectivity index (χ0n) is 11.5. The maximum atomic E-state index is 6.29. The van der Waals surface area contributed by atoms with Gasteiger partial charge in [0, 0.05) is 21.7 Å². The van der Waals surface area contributed by atoms with E-state index in [0.29, 0.717) is 6.54 Å². The minimum atomic E-state index is 0.167. The first kappa shape index (κ1) is 14.5. The molecule has 1 unspecified atom stereocenters. The number of fused-ring (bicyclic) bond motifs is 1. The number of rotatable bonds is 4. The lowest BCUT2D eigenvalue weighted by Gasteiger charge is -2.16. The van der Waals surface area contributed by atoms with Crippen LogP contribution < -0.4 is 5.73 Å². The van der Waals surface area contributed by atoms with Crippen LogP contribution in [0.2, 0.25) is 5.02 Å². The number of hydrogen-bond acceptors (Lipinski definition) is 2. The highest BCUT2D eigenvalue weighted by atomic mass is 35.5. The molecule has 0 radical (unpaired) electrons. The Morgan fingerprint density at radius 1 is 0.905 bits per heavy atom. The summed E-state index contributed by atoms with van der Waals surface area (Å²) in [6.45, 7) is 0.557. The van der Waals surface area contributed by atoms with Crippen molar-refractivity contribution in [1.82, 2.24) is 0 Å². The summed E-state index contributed by atoms with van der Waals surface area (Å²) < 4.78 is 0. The van der Waals surface area contributed by atoms with Crippen LogP contribution in [0.3, 0.4) is 0 Å². The average Bonchev–Trinajstić information content (AvgIpc) is 2.53. The lowest BCUT2D eigenvalue weighted by Crippen LogP contribution is -2.09. The Kier molecular flexibility index (Phi) is 4.49. The van der Waals surface area contributed by atoms with Gasteiger partial charge < -0.3 is 5.73 Å². The third kappa shape index (κ3) is 3.24. The van der Waals surface area contributed by atoms with Crippen molar-refractivity contribution in [1.29, 1.82) is 0 Å². The van der Waals surface area contributed by atoms with Gasteiger partial charge in [-0.05, 0) is 34.5 Å². The molecule has 0 spiro atoms. The molecule has 0 heterocycles. The number of benzene rings is 3. The van der Waals surface area contributed by atoms with Crippen molar-refractivity contribution in [2.45, 2.75) is 10.1 Å². The van der Waals surface area contributed by atoms with Crippen LogP contribution in [0.25, 0.3) is 10.8 Å². The smallest absolute Gasteiger partial charge is 0.0481 e. The van der Waals surface area contributed by atoms with E-state index in [4.69, 9.17) is 17.3 Å². The molecule has 3 aromatic carbocycles. The molecule has 0 aliphatic carbocycles. The van der Waals surface area contributed by atoms with Crippen molar-refractivity contribution in [2.24, 2.45) is 5.73 Å². The first-order chi connectivity index (χ1) is 10.3. The molecule has 0 saturated heterocycles. The summed E-state index contributed by atoms with van der Waals surface area (Å²) in [4.78, 5) is 1.21. The van der Waals surface area contributed by atoms with Gasteiger partial charge in [-0.1, -0.05) is 60.1 Å². The lowest BCUT2D eigenvalue weighted by atomic mass is 10.1. The second kappa shape index (κ2) is 6.52. The minimum Gasteiger partial charge on any atom is -0.329 e. The number of halogens is 1. The number of hydrogen-bond donors (Lipinski definition) is 1. The van der Waals surface area contributed by atoms with E-state index in [0.717, 1.165) is 10.6 Å². The molecule has 3 heteroatoms. The van der Waals surface area contributed by atoms with Gasteiger partial charge in [-0.15, -0.1) is 11.8 Å². The molecule has 2 N–H and O–H groups in total. The molecule has 106 valence electrons. The van der Waals surface area contributed by atoms with E-state index in [9.17, 15) is 0 Å². The van der Waals surface area contributed by atoms with E-state index < -0.39 is 0 Å². The average molecular weight is 314 g/mol. The summed E-state index contributed by atoms with van der Waals surface area (Å²) in [7, 11) is 0. The summed E-state index contributed by atoms with van der Waals surface area (Å²) >= 11 is 8.05. The van der Waals surface area contributed by atoms with E-state index in [1.54, 1.807) is 11.8 Å². The molecular weight excluding hydrogens is 298 g/mol. The van der Waals surface area contributed by atoms with Gasteiger partial charge in [0.05, 0.1) is 0 Å². The van der Waals surface area contributed by atoms with Crippen LogP contribution in [-0.2, 0) is 0 Å². The van der Waals surface area contributed by atoms with Gasteiger partial charge in [-0.2, -0.15) is 0 Å². The minimum absolute atomic E-state index is 0.167. The Morgan fingerprint density at radius 3 is 2.38 bits per heavy atom. The van der Waals surface area contributed by atoms with Gasteiger partial charge in [0.25, 0.3) is 0 Å².